The van der Waals surface area contributed by atoms with Crippen molar-refractivity contribution < 1.29 is 23.0 Å². The molecule has 0 amide bonds. The van der Waals surface area contributed by atoms with E-state index in [-0.39, 0.29) is 18.6 Å². The second-order valence-corrected chi connectivity index (χ2v) is 3.85. The molecule has 0 aliphatic heterocycles. The van der Waals surface area contributed by atoms with E-state index in [4.69, 9.17) is 4.43 Å². The molecule has 0 spiro atoms. The Kier molecular flexibility index (Phi) is 9.51. The first kappa shape index (κ1) is 9.90. The summed E-state index contributed by atoms with van der Waals surface area (Å²) in [6.45, 7) is 4.28. The molecular formula is C3H10OSiV. The molecular weight excluding hydrogens is 131 g/mol. The van der Waals surface area contributed by atoms with E-state index < -0.39 is 9.04 Å². The summed E-state index contributed by atoms with van der Waals surface area (Å²) in [4.78, 5) is 0. The van der Waals surface area contributed by atoms with Gasteiger partial charge >= 0.3 is 0 Å². The summed E-state index contributed by atoms with van der Waals surface area (Å²) < 4.78 is 4.89. The van der Waals surface area contributed by atoms with Gasteiger partial charge in [0.05, 0.1) is 0 Å². The molecule has 37 valence electrons. The Hall–Kier alpha value is 0.761. The first-order valence-electron chi connectivity index (χ1n) is 1.80. The fraction of sp³-hybridized carbons (Fsp3) is 1.00. The van der Waals surface area contributed by atoms with E-state index >= 15 is 0 Å². The molecule has 0 aliphatic carbocycles. The summed E-state index contributed by atoms with van der Waals surface area (Å²) in [5.41, 5.74) is 0. The van der Waals surface area contributed by atoms with Crippen molar-refractivity contribution >= 4 is 9.04 Å². The van der Waals surface area contributed by atoms with E-state index in [9.17, 15) is 0 Å². The Bertz CT molecular complexity index is 24.8. The molecule has 1 radical (unpaired) electrons. The molecule has 0 N–H and O–H groups in total. The molecule has 0 saturated carbocycles. The Morgan fingerprint density at radius 3 is 1.50 bits per heavy atom. The van der Waals surface area contributed by atoms with Crippen LogP contribution in [0.15, 0.2) is 0 Å². The van der Waals surface area contributed by atoms with Gasteiger partial charge in [-0.1, -0.05) is 0 Å². The molecule has 3 heteroatoms. The predicted octanol–water partition coefficient (Wildman–Crippen LogP) is 0.614. The Morgan fingerprint density at radius 2 is 1.50 bits per heavy atom. The standard InChI is InChI=1S/C3H10OSi.V/c1-4-5(2)3;/h5H,1-3H3;. The fourth-order valence-electron chi connectivity index (χ4n) is 0. The number of hydrogen-bond donors (Lipinski definition) is 0. The average molecular weight is 141 g/mol. The fourth-order valence-corrected chi connectivity index (χ4v) is 0. The van der Waals surface area contributed by atoms with Crippen molar-refractivity contribution in [3.63, 3.8) is 0 Å². The maximum absolute atomic E-state index is 4.89. The van der Waals surface area contributed by atoms with Crippen LogP contribution in [0.4, 0.5) is 0 Å². The van der Waals surface area contributed by atoms with Gasteiger partial charge in [-0.3, -0.25) is 0 Å². The van der Waals surface area contributed by atoms with Crippen LogP contribution in [0.5, 0.6) is 0 Å². The molecule has 0 aromatic carbocycles. The maximum Gasteiger partial charge on any atom is 0.170 e. The molecule has 0 aliphatic rings. The van der Waals surface area contributed by atoms with Crippen LogP contribution in [-0.4, -0.2) is 16.2 Å². The smallest absolute Gasteiger partial charge is 0.170 e. The summed E-state index contributed by atoms with van der Waals surface area (Å²) in [6.07, 6.45) is 0. The van der Waals surface area contributed by atoms with E-state index in [2.05, 4.69) is 13.1 Å². The predicted molar refractivity (Wildman–Crippen MR) is 25.9 cm³/mol. The minimum Gasteiger partial charge on any atom is -0.424 e. The van der Waals surface area contributed by atoms with Crippen molar-refractivity contribution in [3.05, 3.63) is 0 Å². The van der Waals surface area contributed by atoms with Crippen molar-refractivity contribution in [3.8, 4) is 0 Å². The minimum atomic E-state index is -0.650. The van der Waals surface area contributed by atoms with Crippen LogP contribution in [0.1, 0.15) is 0 Å². The molecule has 0 bridgehead atoms. The second-order valence-electron chi connectivity index (χ2n) is 1.28. The molecule has 0 unspecified atom stereocenters. The molecule has 0 rings (SSSR count). The van der Waals surface area contributed by atoms with Crippen LogP contribution in [0.3, 0.4) is 0 Å². The van der Waals surface area contributed by atoms with Gasteiger partial charge in [0, 0.05) is 25.7 Å². The molecule has 0 fully saturated rings. The van der Waals surface area contributed by atoms with Crippen LogP contribution in [0.2, 0.25) is 13.1 Å². The van der Waals surface area contributed by atoms with Crippen LogP contribution in [0, 0.1) is 0 Å². The van der Waals surface area contributed by atoms with Gasteiger partial charge in [-0.05, 0) is 13.1 Å². The largest absolute Gasteiger partial charge is 0.424 e. The molecule has 0 heterocycles. The van der Waals surface area contributed by atoms with Crippen molar-refractivity contribution in [2.24, 2.45) is 0 Å². The monoisotopic (exact) mass is 141 g/mol. The summed E-state index contributed by atoms with van der Waals surface area (Å²) in [5.74, 6) is 0. The third kappa shape index (κ3) is 8.83. The zero-order chi connectivity index (χ0) is 4.28. The van der Waals surface area contributed by atoms with E-state index in [1.165, 1.54) is 0 Å². The zero-order valence-electron chi connectivity index (χ0n) is 4.43. The first-order chi connectivity index (χ1) is 2.27. The van der Waals surface area contributed by atoms with Crippen molar-refractivity contribution in [2.75, 3.05) is 7.11 Å². The van der Waals surface area contributed by atoms with Crippen molar-refractivity contribution in [2.45, 2.75) is 13.1 Å². The first-order valence-corrected chi connectivity index (χ1v) is 4.58. The van der Waals surface area contributed by atoms with Gasteiger partial charge in [-0.25, -0.2) is 0 Å². The van der Waals surface area contributed by atoms with Gasteiger partial charge in [-0.15, -0.1) is 0 Å². The van der Waals surface area contributed by atoms with E-state index in [0.717, 1.165) is 0 Å². The number of hydrogen-bond acceptors (Lipinski definition) is 1. The number of rotatable bonds is 1. The van der Waals surface area contributed by atoms with E-state index in [1.807, 2.05) is 0 Å². The summed E-state index contributed by atoms with van der Waals surface area (Å²) in [6, 6.07) is 0. The molecule has 6 heavy (non-hydrogen) atoms. The van der Waals surface area contributed by atoms with Gasteiger partial charge in [-0.2, -0.15) is 0 Å². The SMILES string of the molecule is CO[SiH](C)C.[V]. The Labute approximate surface area is 52.7 Å². The summed E-state index contributed by atoms with van der Waals surface area (Å²) >= 11 is 0. The Morgan fingerprint density at radius 1 is 1.33 bits per heavy atom. The molecule has 1 nitrogen and oxygen atoms in total. The third-order valence-corrected chi connectivity index (χ3v) is 1.41. The van der Waals surface area contributed by atoms with Gasteiger partial charge in [0.15, 0.2) is 9.04 Å². The van der Waals surface area contributed by atoms with E-state index in [1.54, 1.807) is 7.11 Å². The minimum absolute atomic E-state index is 0. The van der Waals surface area contributed by atoms with Gasteiger partial charge in [0.2, 0.25) is 0 Å². The average Bonchev–Trinajstić information content (AvgIpc) is 1.38. The molecule has 0 atom stereocenters. The maximum atomic E-state index is 4.89. The quantitative estimate of drug-likeness (QED) is 0.486. The third-order valence-electron chi connectivity index (χ3n) is 0.471. The van der Waals surface area contributed by atoms with Gasteiger partial charge in [0.1, 0.15) is 0 Å². The summed E-state index contributed by atoms with van der Waals surface area (Å²) in [7, 11) is 1.11. The van der Waals surface area contributed by atoms with Crippen LogP contribution >= 0.6 is 0 Å². The topological polar surface area (TPSA) is 9.23 Å². The van der Waals surface area contributed by atoms with Crippen LogP contribution in [0.25, 0.3) is 0 Å². The van der Waals surface area contributed by atoms with Gasteiger partial charge in [0.25, 0.3) is 0 Å². The normalized spacial score (nSPS) is 8.00. The van der Waals surface area contributed by atoms with Crippen LogP contribution in [-0.2, 0) is 23.0 Å². The second kappa shape index (κ2) is 5.76. The van der Waals surface area contributed by atoms with Crippen molar-refractivity contribution in [1.82, 2.24) is 0 Å². The molecule has 0 aromatic rings. The zero-order valence-corrected chi connectivity index (χ0v) is 6.98. The van der Waals surface area contributed by atoms with Crippen LogP contribution < -0.4 is 0 Å². The van der Waals surface area contributed by atoms with E-state index in [0.29, 0.717) is 0 Å². The van der Waals surface area contributed by atoms with Crippen molar-refractivity contribution in [1.29, 1.82) is 0 Å². The Balaban J connectivity index is 0. The molecule has 0 saturated heterocycles. The van der Waals surface area contributed by atoms with Gasteiger partial charge < -0.3 is 4.43 Å². The molecule has 0 aromatic heterocycles. The summed E-state index contributed by atoms with van der Waals surface area (Å²) in [5, 5.41) is 0.